The van der Waals surface area contributed by atoms with Gasteiger partial charge in [0, 0.05) is 30.4 Å². The Balaban J connectivity index is 1.88. The summed E-state index contributed by atoms with van der Waals surface area (Å²) in [4.78, 5) is 0.286. The van der Waals surface area contributed by atoms with Gasteiger partial charge in [-0.3, -0.25) is 0 Å². The summed E-state index contributed by atoms with van der Waals surface area (Å²) in [6.07, 6.45) is 3.18. The van der Waals surface area contributed by atoms with E-state index in [2.05, 4.69) is 0 Å². The molecule has 0 bridgehead atoms. The molecular weight excluding hydrogens is 286 g/mol. The molecule has 0 aliphatic rings. The lowest BCUT2D eigenvalue weighted by Gasteiger charge is -2.07. The fourth-order valence-electron chi connectivity index (χ4n) is 2.21. The summed E-state index contributed by atoms with van der Waals surface area (Å²) in [5.41, 5.74) is 1.13. The molecule has 1 aromatic heterocycles. The molecule has 0 fully saturated rings. The van der Waals surface area contributed by atoms with Crippen molar-refractivity contribution in [2.75, 3.05) is 6.26 Å². The van der Waals surface area contributed by atoms with Crippen LogP contribution in [0.15, 0.2) is 59.6 Å². The van der Waals surface area contributed by atoms with Crippen molar-refractivity contribution in [3.8, 4) is 11.5 Å². The Bertz CT molecular complexity index is 893. The molecule has 4 nitrogen and oxygen atoms in total. The zero-order chi connectivity index (χ0) is 15.0. The van der Waals surface area contributed by atoms with Gasteiger partial charge in [-0.05, 0) is 48.5 Å². The third kappa shape index (κ3) is 2.78. The number of aryl methyl sites for hydroxylation is 1. The molecule has 2 aromatic carbocycles. The van der Waals surface area contributed by atoms with Gasteiger partial charge in [0.2, 0.25) is 0 Å². The number of sulfone groups is 1. The third-order valence-electron chi connectivity index (χ3n) is 3.34. The maximum Gasteiger partial charge on any atom is 0.175 e. The second-order valence-corrected chi connectivity index (χ2v) is 7.01. The highest BCUT2D eigenvalue weighted by Gasteiger charge is 2.07. The molecule has 3 rings (SSSR count). The van der Waals surface area contributed by atoms with Gasteiger partial charge in [-0.25, -0.2) is 8.42 Å². The number of fused-ring (bicyclic) bond motifs is 1. The first-order valence-electron chi connectivity index (χ1n) is 6.46. The SMILES string of the molecule is Cn1ccc2cc(Oc3ccc(S(C)(=O)=O)cc3)ccc21. The summed E-state index contributed by atoms with van der Waals surface area (Å²) in [5.74, 6) is 1.33. The van der Waals surface area contributed by atoms with Gasteiger partial charge in [0.05, 0.1) is 4.90 Å². The summed E-state index contributed by atoms with van der Waals surface area (Å²) in [7, 11) is -1.18. The highest BCUT2D eigenvalue weighted by Crippen LogP contribution is 2.26. The lowest BCUT2D eigenvalue weighted by Crippen LogP contribution is -1.96. The first kappa shape index (κ1) is 13.7. The van der Waals surface area contributed by atoms with E-state index in [1.165, 1.54) is 6.26 Å². The molecule has 1 heterocycles. The monoisotopic (exact) mass is 301 g/mol. The zero-order valence-electron chi connectivity index (χ0n) is 11.8. The number of nitrogens with zero attached hydrogens (tertiary/aromatic N) is 1. The van der Waals surface area contributed by atoms with Gasteiger partial charge in [0.25, 0.3) is 0 Å². The van der Waals surface area contributed by atoms with Gasteiger partial charge in [0.1, 0.15) is 11.5 Å². The average Bonchev–Trinajstić information content (AvgIpc) is 2.80. The number of hydrogen-bond acceptors (Lipinski definition) is 3. The minimum Gasteiger partial charge on any atom is -0.457 e. The highest BCUT2D eigenvalue weighted by atomic mass is 32.2. The summed E-state index contributed by atoms with van der Waals surface area (Å²) in [6.45, 7) is 0. The van der Waals surface area contributed by atoms with E-state index >= 15 is 0 Å². The Morgan fingerprint density at radius 3 is 2.29 bits per heavy atom. The lowest BCUT2D eigenvalue weighted by molar-refractivity contribution is 0.483. The second kappa shape index (κ2) is 4.93. The van der Waals surface area contributed by atoms with Crippen LogP contribution in [0.1, 0.15) is 0 Å². The molecule has 0 N–H and O–H groups in total. The summed E-state index contributed by atoms with van der Waals surface area (Å²) < 4.78 is 30.6. The molecule has 0 spiro atoms. The molecule has 0 aliphatic carbocycles. The Morgan fingerprint density at radius 1 is 0.952 bits per heavy atom. The standard InChI is InChI=1S/C16H15NO3S/c1-17-10-9-12-11-14(5-8-16(12)17)20-13-3-6-15(7-4-13)21(2,18)19/h3-11H,1-2H3. The maximum atomic E-state index is 11.4. The van der Waals surface area contributed by atoms with Crippen LogP contribution in [0.3, 0.4) is 0 Å². The molecule has 5 heteroatoms. The molecular formula is C16H15NO3S. The fraction of sp³-hybridized carbons (Fsp3) is 0.125. The fourth-order valence-corrected chi connectivity index (χ4v) is 2.84. The first-order valence-corrected chi connectivity index (χ1v) is 8.36. The minimum absolute atomic E-state index is 0.286. The van der Waals surface area contributed by atoms with Crippen LogP contribution in [-0.2, 0) is 16.9 Å². The van der Waals surface area contributed by atoms with Crippen LogP contribution >= 0.6 is 0 Å². The Labute approximate surface area is 123 Å². The van der Waals surface area contributed by atoms with Crippen molar-refractivity contribution in [1.29, 1.82) is 0 Å². The summed E-state index contributed by atoms with van der Waals surface area (Å²) in [5, 5.41) is 1.10. The van der Waals surface area contributed by atoms with Crippen molar-refractivity contribution in [2.24, 2.45) is 7.05 Å². The predicted molar refractivity (Wildman–Crippen MR) is 82.5 cm³/mol. The summed E-state index contributed by atoms with van der Waals surface area (Å²) >= 11 is 0. The van der Waals surface area contributed by atoms with Gasteiger partial charge in [-0.1, -0.05) is 0 Å². The van der Waals surface area contributed by atoms with Crippen LogP contribution in [0.25, 0.3) is 10.9 Å². The van der Waals surface area contributed by atoms with E-state index in [4.69, 9.17) is 4.74 Å². The largest absolute Gasteiger partial charge is 0.457 e. The van der Waals surface area contributed by atoms with E-state index < -0.39 is 9.84 Å². The predicted octanol–water partition coefficient (Wildman–Crippen LogP) is 3.37. The number of aromatic nitrogens is 1. The Hall–Kier alpha value is -2.27. The topological polar surface area (TPSA) is 48.3 Å². The molecule has 0 radical (unpaired) electrons. The highest BCUT2D eigenvalue weighted by molar-refractivity contribution is 7.90. The van der Waals surface area contributed by atoms with E-state index in [-0.39, 0.29) is 4.90 Å². The zero-order valence-corrected chi connectivity index (χ0v) is 12.6. The van der Waals surface area contributed by atoms with Crippen molar-refractivity contribution in [1.82, 2.24) is 4.57 Å². The van der Waals surface area contributed by atoms with E-state index in [0.29, 0.717) is 5.75 Å². The summed E-state index contributed by atoms with van der Waals surface area (Å²) in [6, 6.07) is 14.3. The van der Waals surface area contributed by atoms with Crippen molar-refractivity contribution in [2.45, 2.75) is 4.90 Å². The number of ether oxygens (including phenoxy) is 1. The Kier molecular flexibility index (Phi) is 3.22. The van der Waals surface area contributed by atoms with Gasteiger partial charge in [-0.15, -0.1) is 0 Å². The van der Waals surface area contributed by atoms with E-state index in [1.807, 2.05) is 42.1 Å². The van der Waals surface area contributed by atoms with Crippen molar-refractivity contribution in [3.63, 3.8) is 0 Å². The molecule has 0 aliphatic heterocycles. The third-order valence-corrected chi connectivity index (χ3v) is 4.47. The number of benzene rings is 2. The maximum absolute atomic E-state index is 11.4. The minimum atomic E-state index is -3.18. The van der Waals surface area contributed by atoms with Crippen molar-refractivity contribution < 1.29 is 13.2 Å². The molecule has 0 unspecified atom stereocenters. The van der Waals surface area contributed by atoms with Crippen LogP contribution < -0.4 is 4.74 Å². The quantitative estimate of drug-likeness (QED) is 0.745. The van der Waals surface area contributed by atoms with E-state index in [1.54, 1.807) is 24.3 Å². The van der Waals surface area contributed by atoms with Crippen LogP contribution in [0.2, 0.25) is 0 Å². The van der Waals surface area contributed by atoms with Crippen LogP contribution in [0.5, 0.6) is 11.5 Å². The average molecular weight is 301 g/mol. The van der Waals surface area contributed by atoms with Crippen LogP contribution in [0.4, 0.5) is 0 Å². The molecule has 0 atom stereocenters. The van der Waals surface area contributed by atoms with Gasteiger partial charge in [0.15, 0.2) is 9.84 Å². The smallest absolute Gasteiger partial charge is 0.175 e. The molecule has 3 aromatic rings. The molecule has 21 heavy (non-hydrogen) atoms. The normalized spacial score (nSPS) is 11.7. The molecule has 108 valence electrons. The number of rotatable bonds is 3. The second-order valence-electron chi connectivity index (χ2n) is 4.99. The molecule has 0 saturated carbocycles. The van der Waals surface area contributed by atoms with Crippen LogP contribution in [0, 0.1) is 0 Å². The number of hydrogen-bond donors (Lipinski definition) is 0. The van der Waals surface area contributed by atoms with Crippen LogP contribution in [-0.4, -0.2) is 19.2 Å². The van der Waals surface area contributed by atoms with Crippen molar-refractivity contribution >= 4 is 20.7 Å². The van der Waals surface area contributed by atoms with Gasteiger partial charge in [-0.2, -0.15) is 0 Å². The van der Waals surface area contributed by atoms with Crippen molar-refractivity contribution in [3.05, 3.63) is 54.7 Å². The van der Waals surface area contributed by atoms with Gasteiger partial charge >= 0.3 is 0 Å². The Morgan fingerprint density at radius 2 is 1.62 bits per heavy atom. The lowest BCUT2D eigenvalue weighted by atomic mass is 10.2. The van der Waals surface area contributed by atoms with Gasteiger partial charge < -0.3 is 9.30 Å². The molecule has 0 saturated heterocycles. The van der Waals surface area contributed by atoms with E-state index in [0.717, 1.165) is 16.7 Å². The first-order chi connectivity index (χ1) is 9.93. The van der Waals surface area contributed by atoms with E-state index in [9.17, 15) is 8.42 Å². The molecule has 0 amide bonds.